The molecule has 0 aliphatic rings. The lowest BCUT2D eigenvalue weighted by Crippen LogP contribution is -2.16. The van der Waals surface area contributed by atoms with Gasteiger partial charge in [-0.05, 0) is 54.4 Å². The van der Waals surface area contributed by atoms with E-state index in [-0.39, 0.29) is 28.9 Å². The van der Waals surface area contributed by atoms with Crippen LogP contribution >= 0.6 is 0 Å². The summed E-state index contributed by atoms with van der Waals surface area (Å²) in [6.45, 7) is 1.71. The van der Waals surface area contributed by atoms with Crippen LogP contribution in [0.4, 0.5) is 17.6 Å². The van der Waals surface area contributed by atoms with Crippen molar-refractivity contribution in [2.75, 3.05) is 0 Å². The number of ether oxygens (including phenoxy) is 2. The molecule has 0 bridgehead atoms. The number of aryl methyl sites for hydroxylation is 1. The molecule has 0 saturated carbocycles. The number of esters is 1. The lowest BCUT2D eigenvalue weighted by Gasteiger charge is -2.15. The summed E-state index contributed by atoms with van der Waals surface area (Å²) in [6, 6.07) is 14.4. The minimum Gasteiger partial charge on any atom is -0.449 e. The van der Waals surface area contributed by atoms with E-state index in [1.54, 1.807) is 25.1 Å². The Kier molecular flexibility index (Phi) is 6.10. The van der Waals surface area contributed by atoms with Crippen LogP contribution in [0.25, 0.3) is 11.0 Å². The zero-order chi connectivity index (χ0) is 24.5. The molecule has 0 amide bonds. The first kappa shape index (κ1) is 23.0. The van der Waals surface area contributed by atoms with E-state index in [0.29, 0.717) is 5.56 Å². The maximum atomic E-state index is 13.7. The van der Waals surface area contributed by atoms with Crippen LogP contribution in [0.15, 0.2) is 75.9 Å². The Labute approximate surface area is 190 Å². The molecule has 0 spiro atoms. The Morgan fingerprint density at radius 1 is 1.00 bits per heavy atom. The molecule has 0 aliphatic carbocycles. The molecule has 0 N–H and O–H groups in total. The molecule has 0 radical (unpaired) electrons. The minimum atomic E-state index is -5.04. The average molecular weight is 472 g/mol. The number of fused-ring (bicyclic) bond motifs is 1. The molecule has 0 saturated heterocycles. The highest BCUT2D eigenvalue weighted by Gasteiger charge is 2.40. The number of carbonyl (C=O) groups is 1. The van der Waals surface area contributed by atoms with E-state index in [4.69, 9.17) is 13.9 Å². The third kappa shape index (κ3) is 4.63. The molecule has 0 aliphatic heterocycles. The normalized spacial score (nSPS) is 11.4. The molecular weight excluding hydrogens is 456 g/mol. The molecule has 34 heavy (non-hydrogen) atoms. The van der Waals surface area contributed by atoms with Gasteiger partial charge in [-0.2, -0.15) is 13.2 Å². The second kappa shape index (κ2) is 9.01. The molecule has 4 aromatic rings. The van der Waals surface area contributed by atoms with Gasteiger partial charge >= 0.3 is 12.1 Å². The summed E-state index contributed by atoms with van der Waals surface area (Å²) >= 11 is 0. The highest BCUT2D eigenvalue weighted by molar-refractivity contribution is 5.92. The number of alkyl halides is 3. The first-order chi connectivity index (χ1) is 16.2. The van der Waals surface area contributed by atoms with Crippen LogP contribution in [0, 0.1) is 5.82 Å². The molecule has 174 valence electrons. The van der Waals surface area contributed by atoms with Gasteiger partial charge < -0.3 is 13.9 Å². The van der Waals surface area contributed by atoms with E-state index in [0.717, 1.165) is 18.2 Å². The quantitative estimate of drug-likeness (QED) is 0.188. The van der Waals surface area contributed by atoms with Crippen LogP contribution in [0.2, 0.25) is 0 Å². The standard InChI is InChI=1S/C25H16F4O5/c1-2-14-12-18-20(13-19(14)34-24(31)15-8-10-16(26)11-9-15)33-23(25(27,28)29)22(21(18)30)32-17-6-4-3-5-7-17/h3-13H,2H2,1H3. The van der Waals surface area contributed by atoms with Crippen molar-refractivity contribution in [2.45, 2.75) is 19.5 Å². The minimum absolute atomic E-state index is 0.0280. The predicted octanol–water partition coefficient (Wildman–Crippen LogP) is 6.52. The number of hydrogen-bond acceptors (Lipinski definition) is 5. The van der Waals surface area contributed by atoms with E-state index in [1.807, 2.05) is 0 Å². The third-order valence-corrected chi connectivity index (χ3v) is 4.92. The fourth-order valence-electron chi connectivity index (χ4n) is 3.25. The van der Waals surface area contributed by atoms with Crippen LogP contribution in [-0.4, -0.2) is 5.97 Å². The van der Waals surface area contributed by atoms with Crippen molar-refractivity contribution >= 4 is 16.9 Å². The number of para-hydroxylation sites is 1. The van der Waals surface area contributed by atoms with E-state index in [1.165, 1.54) is 30.3 Å². The summed E-state index contributed by atoms with van der Waals surface area (Å²) < 4.78 is 70.0. The Morgan fingerprint density at radius 2 is 1.68 bits per heavy atom. The summed E-state index contributed by atoms with van der Waals surface area (Å²) in [5.74, 6) is -4.07. The van der Waals surface area contributed by atoms with Gasteiger partial charge in [0.15, 0.2) is 0 Å². The maximum Gasteiger partial charge on any atom is 0.453 e. The van der Waals surface area contributed by atoms with Crippen molar-refractivity contribution in [1.29, 1.82) is 0 Å². The molecule has 0 unspecified atom stereocenters. The van der Waals surface area contributed by atoms with Gasteiger partial charge in [0.2, 0.25) is 11.2 Å². The molecule has 5 nitrogen and oxygen atoms in total. The topological polar surface area (TPSA) is 65.7 Å². The van der Waals surface area contributed by atoms with Gasteiger partial charge in [0, 0.05) is 6.07 Å². The van der Waals surface area contributed by atoms with Crippen molar-refractivity contribution in [2.24, 2.45) is 0 Å². The summed E-state index contributed by atoms with van der Waals surface area (Å²) in [7, 11) is 0. The van der Waals surface area contributed by atoms with Crippen molar-refractivity contribution in [3.05, 3.63) is 99.7 Å². The Balaban J connectivity index is 1.83. The summed E-state index contributed by atoms with van der Waals surface area (Å²) in [4.78, 5) is 25.5. The summed E-state index contributed by atoms with van der Waals surface area (Å²) in [6.07, 6.45) is -4.75. The highest BCUT2D eigenvalue weighted by atomic mass is 19.4. The number of halogens is 4. The van der Waals surface area contributed by atoms with Crippen molar-refractivity contribution < 1.29 is 36.2 Å². The van der Waals surface area contributed by atoms with Crippen molar-refractivity contribution in [1.82, 2.24) is 0 Å². The molecule has 9 heteroatoms. The fourth-order valence-corrected chi connectivity index (χ4v) is 3.25. The van der Waals surface area contributed by atoms with Crippen molar-refractivity contribution in [3.63, 3.8) is 0 Å². The van der Waals surface area contributed by atoms with E-state index < -0.39 is 40.5 Å². The Bertz CT molecular complexity index is 1410. The van der Waals surface area contributed by atoms with E-state index in [2.05, 4.69) is 0 Å². The lowest BCUT2D eigenvalue weighted by molar-refractivity contribution is -0.154. The van der Waals surface area contributed by atoms with E-state index in [9.17, 15) is 27.2 Å². The third-order valence-electron chi connectivity index (χ3n) is 4.92. The predicted molar refractivity (Wildman–Crippen MR) is 115 cm³/mol. The molecule has 0 fully saturated rings. The second-order valence-corrected chi connectivity index (χ2v) is 7.21. The largest absolute Gasteiger partial charge is 0.453 e. The molecule has 4 rings (SSSR count). The SMILES string of the molecule is CCc1cc2c(=O)c(Oc3ccccc3)c(C(F)(F)F)oc2cc1OC(=O)c1ccc(F)cc1. The molecule has 3 aromatic carbocycles. The van der Waals surface area contributed by atoms with Crippen LogP contribution in [-0.2, 0) is 12.6 Å². The van der Waals surface area contributed by atoms with E-state index >= 15 is 0 Å². The second-order valence-electron chi connectivity index (χ2n) is 7.21. The molecule has 1 heterocycles. The molecule has 0 atom stereocenters. The monoisotopic (exact) mass is 472 g/mol. The van der Waals surface area contributed by atoms with Gasteiger partial charge in [-0.1, -0.05) is 25.1 Å². The van der Waals surface area contributed by atoms with Gasteiger partial charge in [0.1, 0.15) is 22.9 Å². The highest BCUT2D eigenvalue weighted by Crippen LogP contribution is 2.39. The van der Waals surface area contributed by atoms with Crippen LogP contribution < -0.4 is 14.9 Å². The Morgan fingerprint density at radius 3 is 2.29 bits per heavy atom. The first-order valence-corrected chi connectivity index (χ1v) is 10.1. The number of benzene rings is 3. The maximum absolute atomic E-state index is 13.7. The first-order valence-electron chi connectivity index (χ1n) is 10.1. The average Bonchev–Trinajstić information content (AvgIpc) is 2.81. The lowest BCUT2D eigenvalue weighted by atomic mass is 10.1. The van der Waals surface area contributed by atoms with Crippen LogP contribution in [0.5, 0.6) is 17.2 Å². The smallest absolute Gasteiger partial charge is 0.449 e. The molecular formula is C25H16F4O5. The van der Waals surface area contributed by atoms with Crippen molar-refractivity contribution in [3.8, 4) is 17.2 Å². The number of rotatable bonds is 5. The number of carbonyl (C=O) groups excluding carboxylic acids is 1. The van der Waals surface area contributed by atoms with Crippen LogP contribution in [0.3, 0.4) is 0 Å². The Hall–Kier alpha value is -4.14. The fraction of sp³-hybridized carbons (Fsp3) is 0.120. The van der Waals surface area contributed by atoms with Gasteiger partial charge in [0.25, 0.3) is 5.76 Å². The van der Waals surface area contributed by atoms with Gasteiger partial charge in [-0.3, -0.25) is 4.79 Å². The number of hydrogen-bond donors (Lipinski definition) is 0. The van der Waals surface area contributed by atoms with Crippen LogP contribution in [0.1, 0.15) is 28.6 Å². The zero-order valence-electron chi connectivity index (χ0n) is 17.6. The van der Waals surface area contributed by atoms with Gasteiger partial charge in [-0.15, -0.1) is 0 Å². The summed E-state index contributed by atoms with van der Waals surface area (Å²) in [5, 5.41) is -0.169. The zero-order valence-corrected chi connectivity index (χ0v) is 17.6. The summed E-state index contributed by atoms with van der Waals surface area (Å²) in [5.41, 5.74) is -1.05. The van der Waals surface area contributed by atoms with Gasteiger partial charge in [0.05, 0.1) is 10.9 Å². The van der Waals surface area contributed by atoms with Gasteiger partial charge in [-0.25, -0.2) is 9.18 Å². The molecule has 1 aromatic heterocycles.